The summed E-state index contributed by atoms with van der Waals surface area (Å²) < 4.78 is 46.4. The van der Waals surface area contributed by atoms with E-state index < -0.39 is 15.2 Å². The van der Waals surface area contributed by atoms with Crippen LogP contribution in [0, 0.1) is 0 Å². The van der Waals surface area contributed by atoms with Gasteiger partial charge in [0.2, 0.25) is 0 Å². The molecule has 0 aliphatic carbocycles. The maximum Gasteiger partial charge on any atom is 0.344 e. The van der Waals surface area contributed by atoms with Gasteiger partial charge >= 0.3 is 15.2 Å². The Bertz CT molecular complexity index is 343. The Kier molecular flexibility index (Phi) is 12.7. The molecule has 0 fully saturated rings. The van der Waals surface area contributed by atoms with Crippen molar-refractivity contribution in [3.05, 3.63) is 0 Å². The highest BCUT2D eigenvalue weighted by atomic mass is 31.2. The molecule has 0 saturated heterocycles. The summed E-state index contributed by atoms with van der Waals surface area (Å²) in [7, 11) is -6.66. The van der Waals surface area contributed by atoms with Gasteiger partial charge in [0.05, 0.1) is 26.4 Å². The molecule has 0 heterocycles. The first-order valence-corrected chi connectivity index (χ1v) is 11.4. The zero-order chi connectivity index (χ0) is 17.8. The van der Waals surface area contributed by atoms with Crippen LogP contribution in [0.2, 0.25) is 0 Å². The average molecular weight is 375 g/mol. The van der Waals surface area contributed by atoms with Crippen molar-refractivity contribution in [3.8, 4) is 0 Å². The van der Waals surface area contributed by atoms with E-state index in [2.05, 4.69) is 0 Å². The van der Waals surface area contributed by atoms with Crippen LogP contribution in [0.25, 0.3) is 0 Å². The highest BCUT2D eigenvalue weighted by Gasteiger charge is 2.33. The first-order chi connectivity index (χ1) is 10.9. The van der Waals surface area contributed by atoms with Crippen LogP contribution in [0.3, 0.4) is 0 Å². The molecule has 0 atom stereocenters. The molecule has 0 aliphatic heterocycles. The van der Waals surface area contributed by atoms with Gasteiger partial charge in [0, 0.05) is 13.2 Å². The van der Waals surface area contributed by atoms with Gasteiger partial charge in [0.1, 0.15) is 12.6 Å². The van der Waals surface area contributed by atoms with Crippen molar-refractivity contribution in [1.29, 1.82) is 0 Å². The molecule has 1 N–H and O–H groups in total. The molecular formula is C13H31NO7P2. The molecule has 140 valence electrons. The smallest absolute Gasteiger partial charge is 0.344 e. The van der Waals surface area contributed by atoms with Crippen molar-refractivity contribution in [1.82, 2.24) is 4.90 Å². The molecule has 0 saturated carbocycles. The van der Waals surface area contributed by atoms with Crippen LogP contribution in [0.15, 0.2) is 0 Å². The second kappa shape index (κ2) is 12.6. The van der Waals surface area contributed by atoms with Gasteiger partial charge < -0.3 is 23.2 Å². The van der Waals surface area contributed by atoms with E-state index >= 15 is 0 Å². The summed E-state index contributed by atoms with van der Waals surface area (Å²) >= 11 is 0. The van der Waals surface area contributed by atoms with Gasteiger partial charge in [-0.1, -0.05) is 0 Å². The van der Waals surface area contributed by atoms with E-state index in [4.69, 9.17) is 23.2 Å². The van der Waals surface area contributed by atoms with Crippen LogP contribution in [-0.4, -0.2) is 62.2 Å². The summed E-state index contributed by atoms with van der Waals surface area (Å²) in [6, 6.07) is 0. The Morgan fingerprint density at radius 3 is 1.39 bits per heavy atom. The lowest BCUT2D eigenvalue weighted by atomic mass is 10.4. The molecular weight excluding hydrogens is 344 g/mol. The molecule has 0 aliphatic rings. The molecule has 0 bridgehead atoms. The SMILES string of the molecule is CCOP(=O)(CN(CCCO)CP(=O)(OCC)OCC)OCC. The topological polar surface area (TPSA) is 94.5 Å². The highest BCUT2D eigenvalue weighted by molar-refractivity contribution is 7.54. The number of rotatable bonds is 15. The number of hydrogen-bond donors (Lipinski definition) is 1. The van der Waals surface area contributed by atoms with Gasteiger partial charge in [0.15, 0.2) is 0 Å². The molecule has 0 unspecified atom stereocenters. The maximum absolute atomic E-state index is 12.7. The van der Waals surface area contributed by atoms with Crippen molar-refractivity contribution >= 4 is 15.2 Å². The molecule has 0 spiro atoms. The summed E-state index contributed by atoms with van der Waals surface area (Å²) in [6.07, 6.45) is 0.383. The maximum atomic E-state index is 12.7. The zero-order valence-electron chi connectivity index (χ0n) is 14.6. The summed E-state index contributed by atoms with van der Waals surface area (Å²) in [4.78, 5) is 1.65. The number of hydrogen-bond acceptors (Lipinski definition) is 8. The van der Waals surface area contributed by atoms with E-state index in [0.29, 0.717) is 13.0 Å². The summed E-state index contributed by atoms with van der Waals surface area (Å²) in [5.74, 6) is 0. The molecule has 0 radical (unpaired) electrons. The zero-order valence-corrected chi connectivity index (χ0v) is 16.4. The lowest BCUT2D eigenvalue weighted by molar-refractivity contribution is 0.177. The van der Waals surface area contributed by atoms with Crippen molar-refractivity contribution in [2.75, 3.05) is 52.2 Å². The van der Waals surface area contributed by atoms with Crippen molar-refractivity contribution in [2.45, 2.75) is 34.1 Å². The molecule has 0 aromatic carbocycles. The Morgan fingerprint density at radius 1 is 0.783 bits per heavy atom. The fourth-order valence-electron chi connectivity index (χ4n) is 1.99. The van der Waals surface area contributed by atoms with Crippen LogP contribution in [0.5, 0.6) is 0 Å². The van der Waals surface area contributed by atoms with E-state index in [9.17, 15) is 9.13 Å². The van der Waals surface area contributed by atoms with E-state index in [0.717, 1.165) is 0 Å². The normalized spacial score (nSPS) is 13.0. The average Bonchev–Trinajstić information content (AvgIpc) is 2.45. The van der Waals surface area contributed by atoms with Crippen LogP contribution < -0.4 is 0 Å². The number of nitrogens with zero attached hydrogens (tertiary/aromatic N) is 1. The highest BCUT2D eigenvalue weighted by Crippen LogP contribution is 2.53. The lowest BCUT2D eigenvalue weighted by Gasteiger charge is -2.29. The van der Waals surface area contributed by atoms with E-state index in [1.54, 1.807) is 32.6 Å². The quantitative estimate of drug-likeness (QED) is 0.436. The van der Waals surface area contributed by atoms with Crippen LogP contribution in [-0.2, 0) is 27.2 Å². The Balaban J connectivity index is 5.09. The van der Waals surface area contributed by atoms with E-state index in [1.165, 1.54) is 0 Å². The standard InChI is InChI=1S/C13H31NO7P2/c1-5-18-22(16,19-6-2)12-14(10-9-11-15)13-23(17,20-7-3)21-8-4/h15H,5-13H2,1-4H3. The second-order valence-electron chi connectivity index (χ2n) is 4.65. The third kappa shape index (κ3) is 9.95. The van der Waals surface area contributed by atoms with E-state index in [1.807, 2.05) is 0 Å². The van der Waals surface area contributed by atoms with Crippen molar-refractivity contribution in [2.24, 2.45) is 0 Å². The fraction of sp³-hybridized carbons (Fsp3) is 1.00. The van der Waals surface area contributed by atoms with Crippen molar-refractivity contribution in [3.63, 3.8) is 0 Å². The largest absolute Gasteiger partial charge is 0.396 e. The summed E-state index contributed by atoms with van der Waals surface area (Å²) in [6.45, 7) is 8.27. The Labute approximate surface area is 139 Å². The second-order valence-corrected chi connectivity index (χ2v) is 8.69. The van der Waals surface area contributed by atoms with Crippen LogP contribution in [0.4, 0.5) is 0 Å². The van der Waals surface area contributed by atoms with Gasteiger partial charge in [-0.3, -0.25) is 14.0 Å². The van der Waals surface area contributed by atoms with Gasteiger partial charge in [-0.2, -0.15) is 0 Å². The third-order valence-electron chi connectivity index (χ3n) is 2.68. The first kappa shape index (κ1) is 23.2. The monoisotopic (exact) mass is 375 g/mol. The first-order valence-electron chi connectivity index (χ1n) is 7.98. The molecule has 0 aromatic rings. The molecule has 10 heteroatoms. The predicted octanol–water partition coefficient (Wildman–Crippen LogP) is 3.12. The molecule has 0 aromatic heterocycles. The van der Waals surface area contributed by atoms with Gasteiger partial charge in [-0.05, 0) is 34.1 Å². The summed E-state index contributed by atoms with van der Waals surface area (Å²) in [5, 5.41) is 9.04. The van der Waals surface area contributed by atoms with E-state index in [-0.39, 0.29) is 45.6 Å². The lowest BCUT2D eigenvalue weighted by Crippen LogP contribution is -2.29. The van der Waals surface area contributed by atoms with Gasteiger partial charge in [-0.25, -0.2) is 0 Å². The van der Waals surface area contributed by atoms with Crippen LogP contribution in [0.1, 0.15) is 34.1 Å². The third-order valence-corrected chi connectivity index (χ3v) is 6.78. The Hall–Kier alpha value is 0.220. The minimum atomic E-state index is -3.33. The van der Waals surface area contributed by atoms with Crippen molar-refractivity contribution < 1.29 is 32.3 Å². The molecule has 8 nitrogen and oxygen atoms in total. The van der Waals surface area contributed by atoms with Crippen LogP contribution >= 0.6 is 15.2 Å². The minimum absolute atomic E-state index is 0.0289. The number of aliphatic hydroxyl groups excluding tert-OH is 1. The molecule has 23 heavy (non-hydrogen) atoms. The molecule has 0 rings (SSSR count). The molecule has 0 amide bonds. The minimum Gasteiger partial charge on any atom is -0.396 e. The fourth-order valence-corrected chi connectivity index (χ4v) is 5.66. The van der Waals surface area contributed by atoms with Gasteiger partial charge in [0.25, 0.3) is 0 Å². The Morgan fingerprint density at radius 2 is 1.13 bits per heavy atom. The predicted molar refractivity (Wildman–Crippen MR) is 89.9 cm³/mol. The number of aliphatic hydroxyl groups is 1. The van der Waals surface area contributed by atoms with Gasteiger partial charge in [-0.15, -0.1) is 0 Å². The summed E-state index contributed by atoms with van der Waals surface area (Å²) in [5.41, 5.74) is 0.